The Labute approximate surface area is 119 Å². The molecule has 1 aliphatic heterocycles. The molecule has 0 spiro atoms. The molecule has 5 nitrogen and oxygen atoms in total. The van der Waals surface area contributed by atoms with E-state index in [0.717, 1.165) is 31.9 Å². The van der Waals surface area contributed by atoms with Crippen LogP contribution in [0.1, 0.15) is 18.9 Å². The molecule has 0 radical (unpaired) electrons. The third-order valence-corrected chi connectivity index (χ3v) is 3.83. The Bertz CT molecular complexity index is 517. The van der Waals surface area contributed by atoms with Crippen LogP contribution in [0.3, 0.4) is 0 Å². The van der Waals surface area contributed by atoms with Crippen molar-refractivity contribution in [3.63, 3.8) is 0 Å². The average Bonchev–Trinajstić information content (AvgIpc) is 3.13. The molecule has 0 saturated carbocycles. The van der Waals surface area contributed by atoms with Crippen LogP contribution in [0.5, 0.6) is 0 Å². The second-order valence-electron chi connectivity index (χ2n) is 5.35. The monoisotopic (exact) mass is 272 g/mol. The lowest BCUT2D eigenvalue weighted by molar-refractivity contribution is 0.183. The lowest BCUT2D eigenvalue weighted by Gasteiger charge is -2.20. The summed E-state index contributed by atoms with van der Waals surface area (Å²) in [6.07, 6.45) is 4.44. The van der Waals surface area contributed by atoms with Crippen molar-refractivity contribution in [1.29, 1.82) is 0 Å². The van der Waals surface area contributed by atoms with Crippen LogP contribution in [0, 0.1) is 5.92 Å². The molecule has 5 heteroatoms. The molecule has 2 atom stereocenters. The van der Waals surface area contributed by atoms with E-state index in [1.165, 1.54) is 5.56 Å². The molecule has 20 heavy (non-hydrogen) atoms. The molecule has 2 aromatic rings. The van der Waals surface area contributed by atoms with E-state index >= 15 is 0 Å². The van der Waals surface area contributed by atoms with Gasteiger partial charge in [0, 0.05) is 24.3 Å². The Balaban J connectivity index is 1.58. The minimum Gasteiger partial charge on any atom is -0.382 e. The lowest BCUT2D eigenvalue weighted by atomic mass is 10.0. The Morgan fingerprint density at radius 2 is 2.25 bits per heavy atom. The van der Waals surface area contributed by atoms with Gasteiger partial charge in [0.15, 0.2) is 0 Å². The number of hydrogen-bond donors (Lipinski definition) is 1. The van der Waals surface area contributed by atoms with Crippen LogP contribution < -0.4 is 5.32 Å². The van der Waals surface area contributed by atoms with Crippen molar-refractivity contribution < 1.29 is 4.74 Å². The van der Waals surface area contributed by atoms with Gasteiger partial charge in [-0.05, 0) is 31.0 Å². The summed E-state index contributed by atoms with van der Waals surface area (Å²) < 4.78 is 7.26. The van der Waals surface area contributed by atoms with Crippen LogP contribution in [0.4, 0.5) is 5.69 Å². The predicted molar refractivity (Wildman–Crippen MR) is 77.6 cm³/mol. The molecule has 2 unspecified atom stereocenters. The maximum Gasteiger partial charge on any atom is 0.137 e. The summed E-state index contributed by atoms with van der Waals surface area (Å²) in [6.45, 7) is 4.75. The van der Waals surface area contributed by atoms with Gasteiger partial charge in [-0.15, -0.1) is 0 Å². The van der Waals surface area contributed by atoms with Crippen LogP contribution in [-0.2, 0) is 11.3 Å². The highest BCUT2D eigenvalue weighted by Gasteiger charge is 2.21. The second-order valence-corrected chi connectivity index (χ2v) is 5.35. The van der Waals surface area contributed by atoms with E-state index in [9.17, 15) is 0 Å². The van der Waals surface area contributed by atoms with Crippen molar-refractivity contribution in [3.8, 4) is 0 Å². The Morgan fingerprint density at radius 1 is 1.40 bits per heavy atom. The van der Waals surface area contributed by atoms with Crippen LogP contribution in [0.15, 0.2) is 36.9 Å². The molecule has 1 N–H and O–H groups in total. The molecule has 0 bridgehead atoms. The first kappa shape index (κ1) is 13.1. The molecule has 0 aliphatic carbocycles. The number of aromatic nitrogens is 3. The molecule has 3 rings (SSSR count). The van der Waals surface area contributed by atoms with Gasteiger partial charge in [0.25, 0.3) is 0 Å². The SMILES string of the molecule is CC(Nc1ccc(Cn2cncn2)cc1)C1CCOC1. The van der Waals surface area contributed by atoms with E-state index in [1.807, 2.05) is 4.68 Å². The summed E-state index contributed by atoms with van der Waals surface area (Å²) in [5.41, 5.74) is 2.38. The van der Waals surface area contributed by atoms with Gasteiger partial charge in [-0.1, -0.05) is 12.1 Å². The maximum absolute atomic E-state index is 5.44. The average molecular weight is 272 g/mol. The molecule has 1 saturated heterocycles. The van der Waals surface area contributed by atoms with Gasteiger partial charge in [0.05, 0.1) is 13.2 Å². The maximum atomic E-state index is 5.44. The fraction of sp³-hybridized carbons (Fsp3) is 0.467. The van der Waals surface area contributed by atoms with Gasteiger partial charge < -0.3 is 10.1 Å². The molecule has 1 aromatic heterocycles. The molecular weight excluding hydrogens is 252 g/mol. The Hall–Kier alpha value is -1.88. The standard InChI is InChI=1S/C15H20N4O/c1-12(14-6-7-20-9-14)18-15-4-2-13(3-5-15)8-19-11-16-10-17-19/h2-5,10-12,14,18H,6-9H2,1H3. The Morgan fingerprint density at radius 3 is 2.90 bits per heavy atom. The van der Waals surface area contributed by atoms with Gasteiger partial charge in [-0.3, -0.25) is 0 Å². The van der Waals surface area contributed by atoms with Crippen molar-refractivity contribution in [3.05, 3.63) is 42.5 Å². The van der Waals surface area contributed by atoms with E-state index in [4.69, 9.17) is 4.74 Å². The van der Waals surface area contributed by atoms with Crippen LogP contribution in [-0.4, -0.2) is 34.0 Å². The minimum absolute atomic E-state index is 0.443. The second kappa shape index (κ2) is 6.05. The molecule has 106 valence electrons. The van der Waals surface area contributed by atoms with Crippen molar-refractivity contribution in [2.24, 2.45) is 5.92 Å². The van der Waals surface area contributed by atoms with E-state index in [-0.39, 0.29) is 0 Å². The lowest BCUT2D eigenvalue weighted by Crippen LogP contribution is -2.26. The first-order chi connectivity index (χ1) is 9.81. The summed E-state index contributed by atoms with van der Waals surface area (Å²) in [5.74, 6) is 0.616. The van der Waals surface area contributed by atoms with E-state index in [2.05, 4.69) is 46.6 Å². The van der Waals surface area contributed by atoms with Crippen LogP contribution in [0.2, 0.25) is 0 Å². The smallest absolute Gasteiger partial charge is 0.137 e. The summed E-state index contributed by atoms with van der Waals surface area (Å²) in [7, 11) is 0. The highest BCUT2D eigenvalue weighted by atomic mass is 16.5. The largest absolute Gasteiger partial charge is 0.382 e. The molecule has 1 aromatic carbocycles. The van der Waals surface area contributed by atoms with E-state index in [1.54, 1.807) is 12.7 Å². The molecule has 1 aliphatic rings. The van der Waals surface area contributed by atoms with Crippen molar-refractivity contribution in [2.75, 3.05) is 18.5 Å². The first-order valence-electron chi connectivity index (χ1n) is 7.07. The first-order valence-corrected chi connectivity index (χ1v) is 7.07. The zero-order valence-corrected chi connectivity index (χ0v) is 11.7. The van der Waals surface area contributed by atoms with Gasteiger partial charge in [0.2, 0.25) is 0 Å². The zero-order valence-electron chi connectivity index (χ0n) is 11.7. The number of nitrogens with zero attached hydrogens (tertiary/aromatic N) is 3. The number of ether oxygens (including phenoxy) is 1. The number of nitrogens with one attached hydrogen (secondary N) is 1. The zero-order chi connectivity index (χ0) is 13.8. The molecule has 0 amide bonds. The number of hydrogen-bond acceptors (Lipinski definition) is 4. The molecular formula is C15H20N4O. The Kier molecular flexibility index (Phi) is 3.97. The molecule has 1 fully saturated rings. The van der Waals surface area contributed by atoms with Gasteiger partial charge in [-0.2, -0.15) is 5.10 Å². The van der Waals surface area contributed by atoms with Crippen LogP contribution in [0.25, 0.3) is 0 Å². The normalized spacial score (nSPS) is 19.9. The quantitative estimate of drug-likeness (QED) is 0.906. The van der Waals surface area contributed by atoms with Gasteiger partial charge >= 0.3 is 0 Å². The minimum atomic E-state index is 0.443. The number of benzene rings is 1. The number of anilines is 1. The van der Waals surface area contributed by atoms with Crippen molar-refractivity contribution in [2.45, 2.75) is 25.9 Å². The third kappa shape index (κ3) is 3.17. The summed E-state index contributed by atoms with van der Waals surface area (Å²) in [5, 5.41) is 7.67. The summed E-state index contributed by atoms with van der Waals surface area (Å²) in [4.78, 5) is 3.95. The van der Waals surface area contributed by atoms with E-state index in [0.29, 0.717) is 12.0 Å². The van der Waals surface area contributed by atoms with Gasteiger partial charge in [0.1, 0.15) is 12.7 Å². The topological polar surface area (TPSA) is 52.0 Å². The highest BCUT2D eigenvalue weighted by molar-refractivity contribution is 5.45. The van der Waals surface area contributed by atoms with Crippen LogP contribution >= 0.6 is 0 Å². The third-order valence-electron chi connectivity index (χ3n) is 3.83. The number of rotatable bonds is 5. The van der Waals surface area contributed by atoms with E-state index < -0.39 is 0 Å². The highest BCUT2D eigenvalue weighted by Crippen LogP contribution is 2.20. The fourth-order valence-electron chi connectivity index (χ4n) is 2.54. The predicted octanol–water partition coefficient (Wildman–Crippen LogP) is 2.16. The summed E-state index contributed by atoms with van der Waals surface area (Å²) >= 11 is 0. The summed E-state index contributed by atoms with van der Waals surface area (Å²) in [6, 6.07) is 8.94. The van der Waals surface area contributed by atoms with Crippen molar-refractivity contribution >= 4 is 5.69 Å². The van der Waals surface area contributed by atoms with Crippen molar-refractivity contribution in [1.82, 2.24) is 14.8 Å². The van der Waals surface area contributed by atoms with Gasteiger partial charge in [-0.25, -0.2) is 9.67 Å². The molecule has 2 heterocycles. The fourth-order valence-corrected chi connectivity index (χ4v) is 2.54.